The second kappa shape index (κ2) is 8.82. The third-order valence-corrected chi connectivity index (χ3v) is 3.71. The molecule has 6 nitrogen and oxygen atoms in total. The van der Waals surface area contributed by atoms with E-state index in [1.54, 1.807) is 12.1 Å². The predicted molar refractivity (Wildman–Crippen MR) is 93.4 cm³/mol. The van der Waals surface area contributed by atoms with Crippen molar-refractivity contribution in [3.63, 3.8) is 0 Å². The topological polar surface area (TPSA) is 79.7 Å². The molecule has 1 atom stereocenters. The SMILES string of the molecule is CCC(C)Oc1cc(C(=O)N(CC(=O)O)Cc2ccccc2)ccn1. The van der Waals surface area contributed by atoms with Crippen molar-refractivity contribution in [2.75, 3.05) is 6.54 Å². The molecule has 1 aromatic carbocycles. The van der Waals surface area contributed by atoms with Crippen LogP contribution in [0.15, 0.2) is 48.7 Å². The van der Waals surface area contributed by atoms with E-state index in [4.69, 9.17) is 9.84 Å². The molecule has 0 saturated carbocycles. The van der Waals surface area contributed by atoms with E-state index >= 15 is 0 Å². The van der Waals surface area contributed by atoms with Crippen molar-refractivity contribution in [3.8, 4) is 5.88 Å². The molecule has 0 aliphatic carbocycles. The summed E-state index contributed by atoms with van der Waals surface area (Å²) in [5, 5.41) is 9.13. The van der Waals surface area contributed by atoms with Crippen LogP contribution < -0.4 is 4.74 Å². The van der Waals surface area contributed by atoms with Crippen LogP contribution in [-0.4, -0.2) is 39.5 Å². The van der Waals surface area contributed by atoms with Gasteiger partial charge in [0.25, 0.3) is 5.91 Å². The van der Waals surface area contributed by atoms with Gasteiger partial charge in [0.1, 0.15) is 6.54 Å². The number of carbonyl (C=O) groups excluding carboxylic acids is 1. The second-order valence-electron chi connectivity index (χ2n) is 5.76. The Bertz CT molecular complexity index is 718. The molecule has 1 heterocycles. The minimum absolute atomic E-state index is 0.0164. The molecule has 2 rings (SSSR count). The minimum Gasteiger partial charge on any atom is -0.480 e. The van der Waals surface area contributed by atoms with Crippen LogP contribution in [0.2, 0.25) is 0 Å². The first-order chi connectivity index (χ1) is 12.0. The van der Waals surface area contributed by atoms with Crippen molar-refractivity contribution in [1.82, 2.24) is 9.88 Å². The van der Waals surface area contributed by atoms with Gasteiger partial charge in [-0.15, -0.1) is 0 Å². The largest absolute Gasteiger partial charge is 0.480 e. The lowest BCUT2D eigenvalue weighted by atomic mass is 10.1. The maximum Gasteiger partial charge on any atom is 0.323 e. The Hall–Kier alpha value is -2.89. The van der Waals surface area contributed by atoms with E-state index in [-0.39, 0.29) is 25.1 Å². The molecule has 1 amide bonds. The zero-order valence-corrected chi connectivity index (χ0v) is 14.4. The number of nitrogens with zero attached hydrogens (tertiary/aromatic N) is 2. The van der Waals surface area contributed by atoms with Crippen LogP contribution in [0.5, 0.6) is 5.88 Å². The van der Waals surface area contributed by atoms with Gasteiger partial charge in [0.05, 0.1) is 6.10 Å². The second-order valence-corrected chi connectivity index (χ2v) is 5.76. The van der Waals surface area contributed by atoms with E-state index in [1.807, 2.05) is 44.2 Å². The first kappa shape index (κ1) is 18.4. The van der Waals surface area contributed by atoms with E-state index in [0.717, 1.165) is 12.0 Å². The molecule has 0 saturated heterocycles. The lowest BCUT2D eigenvalue weighted by Gasteiger charge is -2.21. The van der Waals surface area contributed by atoms with Crippen molar-refractivity contribution in [2.24, 2.45) is 0 Å². The van der Waals surface area contributed by atoms with Gasteiger partial charge in [0, 0.05) is 24.4 Å². The molecule has 0 spiro atoms. The average molecular weight is 342 g/mol. The first-order valence-corrected chi connectivity index (χ1v) is 8.17. The zero-order chi connectivity index (χ0) is 18.2. The Balaban J connectivity index is 2.20. The Morgan fingerprint density at radius 3 is 2.60 bits per heavy atom. The third kappa shape index (κ3) is 5.60. The van der Waals surface area contributed by atoms with Crippen LogP contribution in [0.4, 0.5) is 0 Å². The highest BCUT2D eigenvalue weighted by Gasteiger charge is 2.20. The van der Waals surface area contributed by atoms with Crippen LogP contribution >= 0.6 is 0 Å². The van der Waals surface area contributed by atoms with Crippen LogP contribution in [0, 0.1) is 0 Å². The molecular weight excluding hydrogens is 320 g/mol. The summed E-state index contributed by atoms with van der Waals surface area (Å²) in [6.07, 6.45) is 2.29. The number of rotatable bonds is 8. The molecule has 0 aliphatic rings. The van der Waals surface area contributed by atoms with E-state index in [2.05, 4.69) is 4.98 Å². The standard InChI is InChI=1S/C19H22N2O4/c1-3-14(2)25-17-11-16(9-10-20-17)19(24)21(13-18(22)23)12-15-7-5-4-6-8-15/h4-11,14H,3,12-13H2,1-2H3,(H,22,23). The number of carboxylic acid groups (broad SMARTS) is 1. The normalized spacial score (nSPS) is 11.6. The maximum atomic E-state index is 12.8. The number of pyridine rings is 1. The summed E-state index contributed by atoms with van der Waals surface area (Å²) in [6.45, 7) is 3.75. The number of carbonyl (C=O) groups is 2. The summed E-state index contributed by atoms with van der Waals surface area (Å²) in [7, 11) is 0. The smallest absolute Gasteiger partial charge is 0.323 e. The molecule has 6 heteroatoms. The zero-order valence-electron chi connectivity index (χ0n) is 14.4. The van der Waals surface area contributed by atoms with Gasteiger partial charge in [-0.3, -0.25) is 9.59 Å². The van der Waals surface area contributed by atoms with Crippen LogP contribution in [0.3, 0.4) is 0 Å². The highest BCUT2D eigenvalue weighted by Crippen LogP contribution is 2.15. The fourth-order valence-electron chi connectivity index (χ4n) is 2.25. The molecule has 25 heavy (non-hydrogen) atoms. The van der Waals surface area contributed by atoms with E-state index in [1.165, 1.54) is 11.1 Å². The quantitative estimate of drug-likeness (QED) is 0.798. The Labute approximate surface area is 147 Å². The van der Waals surface area contributed by atoms with Crippen molar-refractivity contribution >= 4 is 11.9 Å². The number of hydrogen-bond donors (Lipinski definition) is 1. The number of amides is 1. The minimum atomic E-state index is -1.06. The van der Waals surface area contributed by atoms with E-state index in [0.29, 0.717) is 11.4 Å². The number of benzene rings is 1. The molecule has 1 N–H and O–H groups in total. The fraction of sp³-hybridized carbons (Fsp3) is 0.316. The fourth-order valence-corrected chi connectivity index (χ4v) is 2.25. The van der Waals surface area contributed by atoms with Gasteiger partial charge in [-0.1, -0.05) is 37.3 Å². The van der Waals surface area contributed by atoms with Crippen molar-refractivity contribution in [3.05, 3.63) is 59.8 Å². The molecule has 0 aliphatic heterocycles. The van der Waals surface area contributed by atoms with Gasteiger partial charge >= 0.3 is 5.97 Å². The number of aliphatic carboxylic acids is 1. The molecule has 1 aromatic heterocycles. The van der Waals surface area contributed by atoms with Crippen LogP contribution in [-0.2, 0) is 11.3 Å². The summed E-state index contributed by atoms with van der Waals surface area (Å²) in [4.78, 5) is 29.3. The van der Waals surface area contributed by atoms with Gasteiger partial charge in [-0.2, -0.15) is 0 Å². The number of ether oxygens (including phenoxy) is 1. The van der Waals surface area contributed by atoms with Gasteiger partial charge in [-0.25, -0.2) is 4.98 Å². The Morgan fingerprint density at radius 2 is 1.96 bits per heavy atom. The first-order valence-electron chi connectivity index (χ1n) is 8.17. The number of carboxylic acids is 1. The Kier molecular flexibility index (Phi) is 6.51. The van der Waals surface area contributed by atoms with Crippen molar-refractivity contribution in [2.45, 2.75) is 32.9 Å². The van der Waals surface area contributed by atoms with Crippen LogP contribution in [0.1, 0.15) is 36.2 Å². The van der Waals surface area contributed by atoms with E-state index < -0.39 is 5.97 Å². The molecule has 1 unspecified atom stereocenters. The van der Waals surface area contributed by atoms with Gasteiger partial charge < -0.3 is 14.7 Å². The summed E-state index contributed by atoms with van der Waals surface area (Å²) < 4.78 is 5.64. The van der Waals surface area contributed by atoms with Crippen molar-refractivity contribution in [1.29, 1.82) is 0 Å². The van der Waals surface area contributed by atoms with Gasteiger partial charge in [0.2, 0.25) is 5.88 Å². The lowest BCUT2D eigenvalue weighted by molar-refractivity contribution is -0.137. The number of hydrogen-bond acceptors (Lipinski definition) is 4. The molecule has 132 valence electrons. The number of aromatic nitrogens is 1. The molecule has 0 fully saturated rings. The molecule has 0 radical (unpaired) electrons. The molecular formula is C19H22N2O4. The lowest BCUT2D eigenvalue weighted by Crippen LogP contribution is -2.35. The highest BCUT2D eigenvalue weighted by molar-refractivity contribution is 5.96. The summed E-state index contributed by atoms with van der Waals surface area (Å²) in [5.74, 6) is -1.08. The molecule has 2 aromatic rings. The van der Waals surface area contributed by atoms with Crippen LogP contribution in [0.25, 0.3) is 0 Å². The van der Waals surface area contributed by atoms with Crippen molar-refractivity contribution < 1.29 is 19.4 Å². The van der Waals surface area contributed by atoms with Gasteiger partial charge in [-0.05, 0) is 25.0 Å². The third-order valence-electron chi connectivity index (χ3n) is 3.71. The van der Waals surface area contributed by atoms with Gasteiger partial charge in [0.15, 0.2) is 0 Å². The highest BCUT2D eigenvalue weighted by atomic mass is 16.5. The average Bonchev–Trinajstić information content (AvgIpc) is 2.61. The molecule has 0 bridgehead atoms. The van der Waals surface area contributed by atoms with E-state index in [9.17, 15) is 9.59 Å². The monoisotopic (exact) mass is 342 g/mol. The predicted octanol–water partition coefficient (Wildman–Crippen LogP) is 2.99. The maximum absolute atomic E-state index is 12.8. The summed E-state index contributed by atoms with van der Waals surface area (Å²) in [5.41, 5.74) is 1.22. The Morgan fingerprint density at radius 1 is 1.24 bits per heavy atom. The summed E-state index contributed by atoms with van der Waals surface area (Å²) in [6, 6.07) is 12.4. The summed E-state index contributed by atoms with van der Waals surface area (Å²) >= 11 is 0.